The molecule has 80 valence electrons. The Morgan fingerprint density at radius 3 is 3.07 bits per heavy atom. The predicted molar refractivity (Wildman–Crippen MR) is 53.8 cm³/mol. The Bertz CT molecular complexity index is 266. The summed E-state index contributed by atoms with van der Waals surface area (Å²) in [6.45, 7) is 3.31. The van der Waals surface area contributed by atoms with Crippen LogP contribution >= 0.6 is 11.8 Å². The molecule has 1 aromatic heterocycles. The zero-order valence-electron chi connectivity index (χ0n) is 8.13. The number of nitrogens with two attached hydrogens (primary N) is 1. The third kappa shape index (κ3) is 3.24. The van der Waals surface area contributed by atoms with E-state index >= 15 is 0 Å². The van der Waals surface area contributed by atoms with Crippen molar-refractivity contribution in [2.45, 2.75) is 18.6 Å². The fourth-order valence-electron chi connectivity index (χ4n) is 0.832. The number of aliphatic hydroxyl groups is 1. The van der Waals surface area contributed by atoms with Crippen molar-refractivity contribution in [1.82, 2.24) is 20.2 Å². The van der Waals surface area contributed by atoms with E-state index < -0.39 is 0 Å². The van der Waals surface area contributed by atoms with Crippen molar-refractivity contribution >= 4 is 11.8 Å². The second-order valence-electron chi connectivity index (χ2n) is 3.07. The Hall–Kier alpha value is -0.660. The number of tetrazole rings is 1. The predicted octanol–water partition coefficient (Wildman–Crippen LogP) is -0.648. The Morgan fingerprint density at radius 1 is 1.64 bits per heavy atom. The van der Waals surface area contributed by atoms with Crippen LogP contribution in [-0.2, 0) is 6.54 Å². The minimum Gasteiger partial charge on any atom is -0.396 e. The summed E-state index contributed by atoms with van der Waals surface area (Å²) in [6, 6.07) is 0. The SMILES string of the molecule is CC(CO)CSc1nnnn1CCN. The molecule has 6 nitrogen and oxygen atoms in total. The lowest BCUT2D eigenvalue weighted by Crippen LogP contribution is -2.13. The van der Waals surface area contributed by atoms with Crippen molar-refractivity contribution in [3.05, 3.63) is 0 Å². The topological polar surface area (TPSA) is 89.9 Å². The van der Waals surface area contributed by atoms with Gasteiger partial charge in [-0.15, -0.1) is 5.10 Å². The fourth-order valence-corrected chi connectivity index (χ4v) is 1.74. The monoisotopic (exact) mass is 217 g/mol. The van der Waals surface area contributed by atoms with E-state index in [0.717, 1.165) is 10.9 Å². The number of nitrogens with zero attached hydrogens (tertiary/aromatic N) is 4. The minimum absolute atomic E-state index is 0.186. The van der Waals surface area contributed by atoms with Gasteiger partial charge in [0.05, 0.1) is 6.54 Å². The van der Waals surface area contributed by atoms with Gasteiger partial charge in [-0.1, -0.05) is 18.7 Å². The van der Waals surface area contributed by atoms with Crippen LogP contribution in [0.3, 0.4) is 0 Å². The van der Waals surface area contributed by atoms with E-state index in [9.17, 15) is 0 Å². The largest absolute Gasteiger partial charge is 0.396 e. The van der Waals surface area contributed by atoms with Crippen molar-refractivity contribution in [1.29, 1.82) is 0 Å². The average Bonchev–Trinajstić information content (AvgIpc) is 2.62. The van der Waals surface area contributed by atoms with Crippen LogP contribution in [0.5, 0.6) is 0 Å². The molecule has 0 aliphatic heterocycles. The van der Waals surface area contributed by atoms with Crippen LogP contribution in [0.15, 0.2) is 5.16 Å². The second-order valence-corrected chi connectivity index (χ2v) is 4.06. The van der Waals surface area contributed by atoms with Crippen LogP contribution in [0.1, 0.15) is 6.92 Å². The van der Waals surface area contributed by atoms with Gasteiger partial charge in [0.15, 0.2) is 0 Å². The third-order valence-corrected chi connectivity index (χ3v) is 2.93. The highest BCUT2D eigenvalue weighted by Gasteiger charge is 2.08. The Balaban J connectivity index is 2.45. The first-order valence-electron chi connectivity index (χ1n) is 4.47. The first kappa shape index (κ1) is 11.4. The molecule has 1 aromatic rings. The number of aliphatic hydroxyl groups excluding tert-OH is 1. The average molecular weight is 217 g/mol. The molecule has 1 heterocycles. The van der Waals surface area contributed by atoms with Crippen molar-refractivity contribution < 1.29 is 5.11 Å². The van der Waals surface area contributed by atoms with Crippen molar-refractivity contribution in [3.8, 4) is 0 Å². The number of hydrogen-bond donors (Lipinski definition) is 2. The van der Waals surface area contributed by atoms with Crippen LogP contribution < -0.4 is 5.73 Å². The van der Waals surface area contributed by atoms with E-state index in [1.807, 2.05) is 6.92 Å². The lowest BCUT2D eigenvalue weighted by Gasteiger charge is -2.06. The number of aromatic nitrogens is 4. The van der Waals surface area contributed by atoms with Gasteiger partial charge < -0.3 is 10.8 Å². The van der Waals surface area contributed by atoms with Gasteiger partial charge in [0, 0.05) is 18.9 Å². The van der Waals surface area contributed by atoms with E-state index in [-0.39, 0.29) is 12.5 Å². The van der Waals surface area contributed by atoms with Gasteiger partial charge in [-0.2, -0.15) is 0 Å². The van der Waals surface area contributed by atoms with Gasteiger partial charge in [-0.3, -0.25) is 0 Å². The maximum atomic E-state index is 8.84. The van der Waals surface area contributed by atoms with Gasteiger partial charge >= 0.3 is 0 Å². The fraction of sp³-hybridized carbons (Fsp3) is 0.857. The van der Waals surface area contributed by atoms with Gasteiger partial charge in [0.25, 0.3) is 0 Å². The van der Waals surface area contributed by atoms with Crippen LogP contribution in [0.2, 0.25) is 0 Å². The lowest BCUT2D eigenvalue weighted by atomic mass is 10.2. The molecule has 1 rings (SSSR count). The second kappa shape index (κ2) is 5.94. The third-order valence-electron chi connectivity index (χ3n) is 1.65. The smallest absolute Gasteiger partial charge is 0.209 e. The van der Waals surface area contributed by atoms with Gasteiger partial charge in [0.1, 0.15) is 0 Å². The summed E-state index contributed by atoms with van der Waals surface area (Å²) in [5.74, 6) is 1.06. The highest BCUT2D eigenvalue weighted by atomic mass is 32.2. The Morgan fingerprint density at radius 2 is 2.43 bits per heavy atom. The highest BCUT2D eigenvalue weighted by molar-refractivity contribution is 7.99. The summed E-state index contributed by atoms with van der Waals surface area (Å²) < 4.78 is 1.68. The van der Waals surface area contributed by atoms with Crippen LogP contribution in [-0.4, -0.2) is 44.2 Å². The number of hydrogen-bond acceptors (Lipinski definition) is 6. The zero-order valence-corrected chi connectivity index (χ0v) is 8.94. The molecule has 0 fully saturated rings. The highest BCUT2D eigenvalue weighted by Crippen LogP contribution is 2.16. The normalized spacial score (nSPS) is 13.1. The van der Waals surface area contributed by atoms with Gasteiger partial charge in [-0.25, -0.2) is 4.68 Å². The Labute approximate surface area is 86.9 Å². The summed E-state index contributed by atoms with van der Waals surface area (Å²) in [6.07, 6.45) is 0. The summed E-state index contributed by atoms with van der Waals surface area (Å²) in [5.41, 5.74) is 5.41. The molecular weight excluding hydrogens is 202 g/mol. The number of thioether (sulfide) groups is 1. The van der Waals surface area contributed by atoms with Gasteiger partial charge in [-0.05, 0) is 16.3 Å². The molecule has 3 N–H and O–H groups in total. The van der Waals surface area contributed by atoms with Crippen molar-refractivity contribution in [2.75, 3.05) is 18.9 Å². The molecule has 7 heteroatoms. The molecule has 0 radical (unpaired) electrons. The lowest BCUT2D eigenvalue weighted by molar-refractivity contribution is 0.250. The molecule has 14 heavy (non-hydrogen) atoms. The molecule has 0 aliphatic carbocycles. The van der Waals surface area contributed by atoms with Crippen LogP contribution in [0.25, 0.3) is 0 Å². The van der Waals surface area contributed by atoms with Gasteiger partial charge in [0.2, 0.25) is 5.16 Å². The standard InChI is InChI=1S/C7H15N5OS/c1-6(4-13)5-14-7-9-10-11-12(7)3-2-8/h6,13H,2-5,8H2,1H3. The zero-order chi connectivity index (χ0) is 10.4. The summed E-state index contributed by atoms with van der Waals surface area (Å²) >= 11 is 1.54. The van der Waals surface area contributed by atoms with E-state index in [1.165, 1.54) is 11.8 Å². The molecule has 1 unspecified atom stereocenters. The summed E-state index contributed by atoms with van der Waals surface area (Å²) in [7, 11) is 0. The van der Waals surface area contributed by atoms with E-state index in [4.69, 9.17) is 10.8 Å². The quantitative estimate of drug-likeness (QED) is 0.616. The first-order valence-corrected chi connectivity index (χ1v) is 5.46. The molecule has 0 saturated heterocycles. The van der Waals surface area contributed by atoms with Crippen molar-refractivity contribution in [3.63, 3.8) is 0 Å². The molecule has 0 saturated carbocycles. The Kier molecular flexibility index (Phi) is 4.85. The van der Waals surface area contributed by atoms with Crippen molar-refractivity contribution in [2.24, 2.45) is 11.7 Å². The maximum absolute atomic E-state index is 8.84. The molecule has 0 aliphatic rings. The first-order chi connectivity index (χ1) is 6.77. The molecule has 1 atom stereocenters. The van der Waals surface area contributed by atoms with E-state index in [1.54, 1.807) is 4.68 Å². The molecule has 0 spiro atoms. The summed E-state index contributed by atoms with van der Waals surface area (Å²) in [4.78, 5) is 0. The molecule has 0 amide bonds. The van der Waals surface area contributed by atoms with E-state index in [0.29, 0.717) is 13.1 Å². The molecule has 0 bridgehead atoms. The van der Waals surface area contributed by atoms with E-state index in [2.05, 4.69) is 15.5 Å². The van der Waals surface area contributed by atoms with Crippen LogP contribution in [0.4, 0.5) is 0 Å². The summed E-state index contributed by atoms with van der Waals surface area (Å²) in [5, 5.41) is 20.8. The number of rotatable bonds is 6. The maximum Gasteiger partial charge on any atom is 0.209 e. The minimum atomic E-state index is 0.186. The molecular formula is C7H15N5OS. The van der Waals surface area contributed by atoms with Crippen LogP contribution in [0, 0.1) is 5.92 Å². The molecule has 0 aromatic carbocycles.